The molecule has 4 aromatic rings. The van der Waals surface area contributed by atoms with Crippen molar-refractivity contribution in [1.29, 1.82) is 0 Å². The molecule has 0 atom stereocenters. The number of nitrogens with zero attached hydrogens (tertiary/aromatic N) is 1. The van der Waals surface area contributed by atoms with Gasteiger partial charge in [0.25, 0.3) is 11.1 Å². The number of thioether (sulfide) groups is 1. The van der Waals surface area contributed by atoms with Gasteiger partial charge in [0, 0.05) is 5.02 Å². The third kappa shape index (κ3) is 5.66. The van der Waals surface area contributed by atoms with E-state index in [4.69, 9.17) is 21.1 Å². The number of fused-ring (bicyclic) bond motifs is 1. The Kier molecular flexibility index (Phi) is 7.49. The summed E-state index contributed by atoms with van der Waals surface area (Å²) in [5, 5.41) is 2.54. The van der Waals surface area contributed by atoms with Gasteiger partial charge in [-0.3, -0.25) is 14.5 Å². The highest BCUT2D eigenvalue weighted by Gasteiger charge is 2.35. The molecule has 0 aromatic heterocycles. The second-order valence-corrected chi connectivity index (χ2v) is 9.87. The van der Waals surface area contributed by atoms with E-state index in [-0.39, 0.29) is 17.7 Å². The van der Waals surface area contributed by atoms with Crippen LogP contribution in [0.5, 0.6) is 11.5 Å². The van der Waals surface area contributed by atoms with Gasteiger partial charge in [0.05, 0.1) is 18.1 Å². The van der Waals surface area contributed by atoms with Crippen LogP contribution in [0.25, 0.3) is 16.8 Å². The number of benzene rings is 4. The zero-order valence-electron chi connectivity index (χ0n) is 20.1. The Balaban J connectivity index is 1.32. The Hall–Kier alpha value is -3.74. The van der Waals surface area contributed by atoms with Gasteiger partial charge < -0.3 is 9.47 Å². The normalized spacial score (nSPS) is 14.5. The maximum Gasteiger partial charge on any atom is 0.293 e. The molecule has 0 bridgehead atoms. The third-order valence-corrected chi connectivity index (χ3v) is 7.21. The van der Waals surface area contributed by atoms with Crippen LogP contribution < -0.4 is 9.47 Å². The fraction of sp³-hybridized carbons (Fsp3) is 0.133. The van der Waals surface area contributed by atoms with Gasteiger partial charge in [-0.1, -0.05) is 72.3 Å². The van der Waals surface area contributed by atoms with Crippen LogP contribution in [0, 0.1) is 0 Å². The molecule has 0 spiro atoms. The fourth-order valence-corrected chi connectivity index (χ4v) is 5.11. The Morgan fingerprint density at radius 3 is 2.46 bits per heavy atom. The molecule has 1 aliphatic rings. The van der Waals surface area contributed by atoms with E-state index in [0.717, 1.165) is 33.8 Å². The van der Waals surface area contributed by atoms with Crippen molar-refractivity contribution in [1.82, 2.24) is 4.90 Å². The average Bonchev–Trinajstić information content (AvgIpc) is 3.16. The predicted molar refractivity (Wildman–Crippen MR) is 149 cm³/mol. The molecule has 0 N–H and O–H groups in total. The van der Waals surface area contributed by atoms with Gasteiger partial charge in [-0.15, -0.1) is 0 Å². The molecular weight excluding hydrogens is 506 g/mol. The molecule has 7 heteroatoms. The highest BCUT2D eigenvalue weighted by Crippen LogP contribution is 2.36. The van der Waals surface area contributed by atoms with Crippen LogP contribution in [-0.2, 0) is 17.9 Å². The minimum absolute atomic E-state index is 0.132. The molecule has 37 heavy (non-hydrogen) atoms. The predicted octanol–water partition coefficient (Wildman–Crippen LogP) is 7.71. The highest BCUT2D eigenvalue weighted by atomic mass is 35.5. The lowest BCUT2D eigenvalue weighted by molar-refractivity contribution is -0.123. The second-order valence-electron chi connectivity index (χ2n) is 8.47. The third-order valence-electron chi connectivity index (χ3n) is 5.93. The Morgan fingerprint density at radius 1 is 0.865 bits per heavy atom. The van der Waals surface area contributed by atoms with Crippen LogP contribution in [-0.4, -0.2) is 22.7 Å². The molecule has 186 valence electrons. The Labute approximate surface area is 224 Å². The molecule has 1 aliphatic heterocycles. The average molecular weight is 530 g/mol. The summed E-state index contributed by atoms with van der Waals surface area (Å²) in [6.07, 6.45) is 1.70. The molecule has 1 saturated heterocycles. The molecule has 2 amide bonds. The summed E-state index contributed by atoms with van der Waals surface area (Å²) in [6.45, 7) is 2.89. The number of amides is 2. The first-order valence-corrected chi connectivity index (χ1v) is 13.1. The van der Waals surface area contributed by atoms with Crippen LogP contribution in [0.2, 0.25) is 5.02 Å². The molecular formula is C30H24ClNO4S. The van der Waals surface area contributed by atoms with E-state index in [1.807, 2.05) is 49.4 Å². The van der Waals surface area contributed by atoms with E-state index in [0.29, 0.717) is 34.6 Å². The Morgan fingerprint density at radius 2 is 1.65 bits per heavy atom. The topological polar surface area (TPSA) is 55.8 Å². The van der Waals surface area contributed by atoms with Gasteiger partial charge in [-0.25, -0.2) is 0 Å². The van der Waals surface area contributed by atoms with Gasteiger partial charge in [0.15, 0.2) is 11.5 Å². The second kappa shape index (κ2) is 11.1. The standard InChI is InChI=1S/C30H24ClNO4S/c1-2-35-27-16-20(12-14-26(27)36-19-21-11-13-22-7-3-4-8-23(22)15-21)17-28-29(33)32(30(34)37-28)18-24-9-5-6-10-25(24)31/h3-17H,2,18-19H2,1H3/b28-17-. The molecule has 5 rings (SSSR count). The van der Waals surface area contributed by atoms with Crippen molar-refractivity contribution in [2.45, 2.75) is 20.1 Å². The van der Waals surface area contributed by atoms with Crippen molar-refractivity contribution in [2.75, 3.05) is 6.61 Å². The lowest BCUT2D eigenvalue weighted by atomic mass is 10.1. The zero-order valence-corrected chi connectivity index (χ0v) is 21.7. The number of halogens is 1. The molecule has 0 radical (unpaired) electrons. The lowest BCUT2D eigenvalue weighted by Crippen LogP contribution is -2.27. The van der Waals surface area contributed by atoms with Gasteiger partial charge >= 0.3 is 0 Å². The zero-order chi connectivity index (χ0) is 25.8. The number of carbonyl (C=O) groups is 2. The van der Waals surface area contributed by atoms with Crippen molar-refractivity contribution in [3.8, 4) is 11.5 Å². The van der Waals surface area contributed by atoms with Crippen LogP contribution in [0.15, 0.2) is 89.8 Å². The monoisotopic (exact) mass is 529 g/mol. The first-order chi connectivity index (χ1) is 18.0. The fourth-order valence-electron chi connectivity index (χ4n) is 4.08. The van der Waals surface area contributed by atoms with E-state index >= 15 is 0 Å². The lowest BCUT2D eigenvalue weighted by Gasteiger charge is -2.14. The summed E-state index contributed by atoms with van der Waals surface area (Å²) in [7, 11) is 0. The Bertz CT molecular complexity index is 1520. The molecule has 1 heterocycles. The van der Waals surface area contributed by atoms with Crippen molar-refractivity contribution >= 4 is 51.4 Å². The number of rotatable bonds is 8. The molecule has 0 aliphatic carbocycles. The number of ether oxygens (including phenoxy) is 2. The first-order valence-electron chi connectivity index (χ1n) is 11.9. The van der Waals surface area contributed by atoms with E-state index < -0.39 is 0 Å². The number of hydrogen-bond donors (Lipinski definition) is 0. The minimum atomic E-state index is -0.343. The van der Waals surface area contributed by atoms with Crippen LogP contribution >= 0.6 is 23.4 Å². The highest BCUT2D eigenvalue weighted by molar-refractivity contribution is 8.18. The van der Waals surface area contributed by atoms with E-state index in [1.165, 1.54) is 10.3 Å². The van der Waals surface area contributed by atoms with Crippen LogP contribution in [0.4, 0.5) is 4.79 Å². The van der Waals surface area contributed by atoms with Crippen molar-refractivity contribution in [3.63, 3.8) is 0 Å². The summed E-state index contributed by atoms with van der Waals surface area (Å²) in [4.78, 5) is 27.1. The minimum Gasteiger partial charge on any atom is -0.490 e. The largest absolute Gasteiger partial charge is 0.490 e. The maximum atomic E-state index is 13.0. The van der Waals surface area contributed by atoms with Crippen molar-refractivity contribution in [3.05, 3.63) is 112 Å². The maximum absolute atomic E-state index is 13.0. The summed E-state index contributed by atoms with van der Waals surface area (Å²) in [5.41, 5.74) is 2.52. The van der Waals surface area contributed by atoms with Crippen LogP contribution in [0.3, 0.4) is 0 Å². The number of carbonyl (C=O) groups excluding carboxylic acids is 2. The van der Waals surface area contributed by atoms with Gasteiger partial charge in [0.2, 0.25) is 0 Å². The summed E-state index contributed by atoms with van der Waals surface area (Å²) < 4.78 is 11.9. The van der Waals surface area contributed by atoms with E-state index in [9.17, 15) is 9.59 Å². The van der Waals surface area contributed by atoms with Gasteiger partial charge in [-0.05, 0) is 76.5 Å². The van der Waals surface area contributed by atoms with Gasteiger partial charge in [-0.2, -0.15) is 0 Å². The smallest absolute Gasteiger partial charge is 0.293 e. The molecule has 5 nitrogen and oxygen atoms in total. The molecule has 4 aromatic carbocycles. The van der Waals surface area contributed by atoms with E-state index in [2.05, 4.69) is 30.3 Å². The molecule has 0 unspecified atom stereocenters. The SMILES string of the molecule is CCOc1cc(/C=C2\SC(=O)N(Cc3ccccc3Cl)C2=O)ccc1OCc1ccc2ccccc2c1. The van der Waals surface area contributed by atoms with Gasteiger partial charge in [0.1, 0.15) is 6.61 Å². The summed E-state index contributed by atoms with van der Waals surface area (Å²) >= 11 is 7.14. The number of imide groups is 1. The first kappa shape index (κ1) is 24.9. The van der Waals surface area contributed by atoms with E-state index in [1.54, 1.807) is 18.2 Å². The van der Waals surface area contributed by atoms with Crippen molar-refractivity contribution in [2.24, 2.45) is 0 Å². The summed E-state index contributed by atoms with van der Waals surface area (Å²) in [5.74, 6) is 0.843. The molecule has 0 saturated carbocycles. The van der Waals surface area contributed by atoms with Crippen molar-refractivity contribution < 1.29 is 19.1 Å². The quantitative estimate of drug-likeness (QED) is 0.219. The van der Waals surface area contributed by atoms with Crippen LogP contribution in [0.1, 0.15) is 23.6 Å². The summed E-state index contributed by atoms with van der Waals surface area (Å²) in [6, 6.07) is 27.1. The number of hydrogen-bond acceptors (Lipinski definition) is 5. The molecule has 1 fully saturated rings.